The van der Waals surface area contributed by atoms with E-state index in [-0.39, 0.29) is 0 Å². The summed E-state index contributed by atoms with van der Waals surface area (Å²) in [6.45, 7) is 6.07. The summed E-state index contributed by atoms with van der Waals surface area (Å²) in [5.74, 6) is 5.03. The van der Waals surface area contributed by atoms with Gasteiger partial charge < -0.3 is 24.8 Å². The van der Waals surface area contributed by atoms with Crippen molar-refractivity contribution < 1.29 is 14.2 Å². The van der Waals surface area contributed by atoms with Crippen LogP contribution in [0.5, 0.6) is 17.2 Å². The molecule has 0 radical (unpaired) electrons. The van der Waals surface area contributed by atoms with Gasteiger partial charge in [-0.1, -0.05) is 5.92 Å². The highest BCUT2D eigenvalue weighted by atomic mass is 16.5. The summed E-state index contributed by atoms with van der Waals surface area (Å²) >= 11 is 0. The summed E-state index contributed by atoms with van der Waals surface area (Å²) in [7, 11) is 3.20. The fourth-order valence-electron chi connectivity index (χ4n) is 1.96. The first kappa shape index (κ1) is 18.5. The van der Waals surface area contributed by atoms with E-state index in [0.29, 0.717) is 42.9 Å². The van der Waals surface area contributed by atoms with Gasteiger partial charge in [0.25, 0.3) is 0 Å². The van der Waals surface area contributed by atoms with Gasteiger partial charge in [0.15, 0.2) is 17.5 Å². The van der Waals surface area contributed by atoms with Gasteiger partial charge in [-0.25, -0.2) is 4.99 Å². The van der Waals surface area contributed by atoms with E-state index in [2.05, 4.69) is 21.5 Å². The largest absolute Gasteiger partial charge is 0.493 e. The van der Waals surface area contributed by atoms with Crippen LogP contribution in [0.15, 0.2) is 17.1 Å². The molecule has 2 N–H and O–H groups in total. The van der Waals surface area contributed by atoms with Gasteiger partial charge >= 0.3 is 0 Å². The highest BCUT2D eigenvalue weighted by molar-refractivity contribution is 5.80. The first-order valence-corrected chi connectivity index (χ1v) is 7.53. The van der Waals surface area contributed by atoms with Gasteiger partial charge in [-0.15, -0.1) is 6.42 Å². The van der Waals surface area contributed by atoms with Crippen molar-refractivity contribution in [2.24, 2.45) is 4.99 Å². The maximum Gasteiger partial charge on any atom is 0.203 e. The highest BCUT2D eigenvalue weighted by Crippen LogP contribution is 2.38. The smallest absolute Gasteiger partial charge is 0.203 e. The molecule has 0 atom stereocenters. The molecule has 1 aromatic rings. The lowest BCUT2D eigenvalue weighted by Gasteiger charge is -2.15. The van der Waals surface area contributed by atoms with Crippen molar-refractivity contribution in [1.82, 2.24) is 10.6 Å². The third-order valence-corrected chi connectivity index (χ3v) is 2.93. The Morgan fingerprint density at radius 1 is 1.17 bits per heavy atom. The lowest BCUT2D eigenvalue weighted by molar-refractivity contribution is 0.288. The maximum absolute atomic E-state index is 5.59. The van der Waals surface area contributed by atoms with E-state index in [1.54, 1.807) is 14.2 Å². The number of aliphatic imine (C=N–C) groups is 1. The van der Waals surface area contributed by atoms with Crippen molar-refractivity contribution in [3.8, 4) is 29.6 Å². The minimum Gasteiger partial charge on any atom is -0.493 e. The first-order chi connectivity index (χ1) is 11.2. The molecular weight excluding hydrogens is 294 g/mol. The number of terminal acetylenes is 1. The van der Waals surface area contributed by atoms with Gasteiger partial charge in [0, 0.05) is 6.54 Å². The van der Waals surface area contributed by atoms with Crippen LogP contribution in [0.25, 0.3) is 0 Å². The molecule has 0 unspecified atom stereocenters. The van der Waals surface area contributed by atoms with E-state index in [9.17, 15) is 0 Å². The van der Waals surface area contributed by atoms with E-state index < -0.39 is 0 Å². The molecule has 0 saturated carbocycles. The molecule has 0 aliphatic carbocycles. The highest BCUT2D eigenvalue weighted by Gasteiger charge is 2.13. The summed E-state index contributed by atoms with van der Waals surface area (Å²) in [4.78, 5) is 4.49. The number of hydrogen-bond donors (Lipinski definition) is 2. The monoisotopic (exact) mass is 319 g/mol. The average molecular weight is 319 g/mol. The minimum atomic E-state index is 0.418. The predicted molar refractivity (Wildman–Crippen MR) is 92.4 cm³/mol. The molecule has 0 aliphatic rings. The van der Waals surface area contributed by atoms with Gasteiger partial charge in [-0.2, -0.15) is 0 Å². The normalized spacial score (nSPS) is 10.7. The molecule has 23 heavy (non-hydrogen) atoms. The van der Waals surface area contributed by atoms with Crippen molar-refractivity contribution in [1.29, 1.82) is 0 Å². The Hall–Kier alpha value is -2.55. The van der Waals surface area contributed by atoms with Crippen LogP contribution in [0.3, 0.4) is 0 Å². The second kappa shape index (κ2) is 10.2. The molecular formula is C17H25N3O3. The number of benzene rings is 1. The lowest BCUT2D eigenvalue weighted by atomic mass is 10.2. The summed E-state index contributed by atoms with van der Waals surface area (Å²) in [6, 6.07) is 3.78. The number of hydrogen-bond acceptors (Lipinski definition) is 4. The molecule has 0 fully saturated rings. The number of methoxy groups -OCH3 is 2. The fourth-order valence-corrected chi connectivity index (χ4v) is 1.96. The second-order valence-corrected chi connectivity index (χ2v) is 4.52. The van der Waals surface area contributed by atoms with E-state index in [1.807, 2.05) is 26.0 Å². The number of nitrogens with one attached hydrogen (secondary N) is 2. The molecule has 0 bridgehead atoms. The number of nitrogens with zero attached hydrogens (tertiary/aromatic N) is 1. The third kappa shape index (κ3) is 5.62. The lowest BCUT2D eigenvalue weighted by Crippen LogP contribution is -2.37. The summed E-state index contributed by atoms with van der Waals surface area (Å²) < 4.78 is 16.4. The molecule has 1 rings (SSSR count). The molecule has 0 aromatic heterocycles. The van der Waals surface area contributed by atoms with E-state index >= 15 is 0 Å². The minimum absolute atomic E-state index is 0.418. The maximum atomic E-state index is 5.59. The molecule has 0 saturated heterocycles. The Morgan fingerprint density at radius 3 is 2.30 bits per heavy atom. The average Bonchev–Trinajstić information content (AvgIpc) is 2.58. The zero-order valence-corrected chi connectivity index (χ0v) is 14.2. The van der Waals surface area contributed by atoms with Gasteiger partial charge in [0.1, 0.15) is 0 Å². The second-order valence-electron chi connectivity index (χ2n) is 4.52. The predicted octanol–water partition coefficient (Wildman–Crippen LogP) is 1.79. The molecule has 126 valence electrons. The SMILES string of the molecule is C#CCNC(=NCc1cc(OC)c(OCC)c(OC)c1)NCC. The van der Waals surface area contributed by atoms with Crippen LogP contribution >= 0.6 is 0 Å². The Labute approximate surface area is 138 Å². The number of guanidine groups is 1. The van der Waals surface area contributed by atoms with Crippen LogP contribution in [0, 0.1) is 12.3 Å². The summed E-state index contributed by atoms with van der Waals surface area (Å²) in [6.07, 6.45) is 5.26. The molecule has 6 heteroatoms. The molecule has 0 aliphatic heterocycles. The quantitative estimate of drug-likeness (QED) is 0.434. The standard InChI is InChI=1S/C17H25N3O3/c1-6-9-19-17(18-7-2)20-12-13-10-14(21-4)16(23-8-3)15(11-13)22-5/h1,10-11H,7-9,12H2,2-5H3,(H2,18,19,20). The van der Waals surface area contributed by atoms with Crippen molar-refractivity contribution >= 4 is 5.96 Å². The third-order valence-electron chi connectivity index (χ3n) is 2.93. The van der Waals surface area contributed by atoms with E-state index in [1.165, 1.54) is 0 Å². The molecule has 0 heterocycles. The van der Waals surface area contributed by atoms with Crippen LogP contribution in [0.4, 0.5) is 0 Å². The molecule has 6 nitrogen and oxygen atoms in total. The van der Waals surface area contributed by atoms with Crippen LogP contribution in [-0.2, 0) is 6.54 Å². The van der Waals surface area contributed by atoms with Crippen molar-refractivity contribution in [3.63, 3.8) is 0 Å². The molecule has 1 aromatic carbocycles. The zero-order chi connectivity index (χ0) is 17.1. The summed E-state index contributed by atoms with van der Waals surface area (Å²) in [5, 5.41) is 6.18. The molecule has 0 spiro atoms. The van der Waals surface area contributed by atoms with Crippen LogP contribution in [-0.4, -0.2) is 39.9 Å². The Kier molecular flexibility index (Phi) is 8.22. The molecule has 0 amide bonds. The summed E-state index contributed by atoms with van der Waals surface area (Å²) in [5.41, 5.74) is 0.945. The Balaban J connectivity index is 3.01. The van der Waals surface area contributed by atoms with E-state index in [0.717, 1.165) is 12.1 Å². The Morgan fingerprint density at radius 2 is 1.83 bits per heavy atom. The zero-order valence-electron chi connectivity index (χ0n) is 14.2. The van der Waals surface area contributed by atoms with Gasteiger partial charge in [0.2, 0.25) is 5.75 Å². The van der Waals surface area contributed by atoms with Crippen LogP contribution in [0.1, 0.15) is 19.4 Å². The van der Waals surface area contributed by atoms with Crippen molar-refractivity contribution in [3.05, 3.63) is 17.7 Å². The van der Waals surface area contributed by atoms with Crippen molar-refractivity contribution in [2.75, 3.05) is 33.9 Å². The van der Waals surface area contributed by atoms with Crippen LogP contribution < -0.4 is 24.8 Å². The topological polar surface area (TPSA) is 64.1 Å². The van der Waals surface area contributed by atoms with Gasteiger partial charge in [-0.05, 0) is 31.5 Å². The fraction of sp³-hybridized carbons (Fsp3) is 0.471. The van der Waals surface area contributed by atoms with Crippen molar-refractivity contribution in [2.45, 2.75) is 20.4 Å². The Bertz CT molecular complexity index is 540. The van der Waals surface area contributed by atoms with E-state index in [4.69, 9.17) is 20.6 Å². The van der Waals surface area contributed by atoms with Gasteiger partial charge in [-0.3, -0.25) is 0 Å². The number of ether oxygens (including phenoxy) is 3. The number of rotatable bonds is 8. The first-order valence-electron chi connectivity index (χ1n) is 7.53. The van der Waals surface area contributed by atoms with Gasteiger partial charge in [0.05, 0.1) is 33.9 Å². The van der Waals surface area contributed by atoms with Crippen LogP contribution in [0.2, 0.25) is 0 Å².